The molecule has 2 aromatic heterocycles. The standard InChI is InChI=1S/C9H12N4OS/c1-9(2,14)7-5-13(12-11-7)6-8-10-3-4-15-8/h3-5,14H,6H2,1-2H3. The average molecular weight is 224 g/mol. The van der Waals surface area contributed by atoms with E-state index in [-0.39, 0.29) is 0 Å². The first-order chi connectivity index (χ1) is 7.05. The zero-order valence-electron chi connectivity index (χ0n) is 8.58. The minimum Gasteiger partial charge on any atom is -0.384 e. The molecule has 0 amide bonds. The van der Waals surface area contributed by atoms with Crippen LogP contribution in [0.5, 0.6) is 0 Å². The lowest BCUT2D eigenvalue weighted by Gasteiger charge is -2.11. The topological polar surface area (TPSA) is 63.8 Å². The fourth-order valence-corrected chi connectivity index (χ4v) is 1.73. The van der Waals surface area contributed by atoms with Gasteiger partial charge in [0.15, 0.2) is 0 Å². The number of aromatic nitrogens is 4. The summed E-state index contributed by atoms with van der Waals surface area (Å²) in [5.41, 5.74) is -0.375. The molecule has 2 heterocycles. The molecule has 0 aromatic carbocycles. The highest BCUT2D eigenvalue weighted by atomic mass is 32.1. The average Bonchev–Trinajstić information content (AvgIpc) is 2.73. The van der Waals surface area contributed by atoms with Crippen LogP contribution in [-0.2, 0) is 12.1 Å². The van der Waals surface area contributed by atoms with Crippen molar-refractivity contribution in [2.24, 2.45) is 0 Å². The van der Waals surface area contributed by atoms with Crippen molar-refractivity contribution in [2.75, 3.05) is 0 Å². The summed E-state index contributed by atoms with van der Waals surface area (Å²) in [5, 5.41) is 20.4. The van der Waals surface area contributed by atoms with E-state index < -0.39 is 5.60 Å². The van der Waals surface area contributed by atoms with E-state index in [4.69, 9.17) is 0 Å². The van der Waals surface area contributed by atoms with Gasteiger partial charge >= 0.3 is 0 Å². The smallest absolute Gasteiger partial charge is 0.114 e. The first-order valence-corrected chi connectivity index (χ1v) is 5.45. The van der Waals surface area contributed by atoms with Crippen LogP contribution in [0.15, 0.2) is 17.8 Å². The summed E-state index contributed by atoms with van der Waals surface area (Å²) in [6.07, 6.45) is 3.50. The maximum Gasteiger partial charge on any atom is 0.114 e. The Balaban J connectivity index is 2.15. The highest BCUT2D eigenvalue weighted by Gasteiger charge is 2.20. The zero-order valence-corrected chi connectivity index (χ0v) is 9.40. The molecule has 2 rings (SSSR count). The number of hydrogen-bond acceptors (Lipinski definition) is 5. The van der Waals surface area contributed by atoms with Crippen molar-refractivity contribution in [3.05, 3.63) is 28.5 Å². The third kappa shape index (κ3) is 2.40. The predicted molar refractivity (Wildman–Crippen MR) is 56.5 cm³/mol. The number of thiazole rings is 1. The molecule has 0 aliphatic heterocycles. The molecule has 0 bridgehead atoms. The van der Waals surface area contributed by atoms with Gasteiger partial charge in [-0.15, -0.1) is 16.4 Å². The Labute approximate surface area is 91.4 Å². The molecule has 80 valence electrons. The van der Waals surface area contributed by atoms with Gasteiger partial charge in [0.05, 0.1) is 12.7 Å². The quantitative estimate of drug-likeness (QED) is 0.845. The summed E-state index contributed by atoms with van der Waals surface area (Å²) >= 11 is 1.57. The van der Waals surface area contributed by atoms with E-state index in [0.717, 1.165) is 5.01 Å². The Morgan fingerprint density at radius 2 is 2.33 bits per heavy atom. The van der Waals surface area contributed by atoms with Gasteiger partial charge in [0.2, 0.25) is 0 Å². The lowest BCUT2D eigenvalue weighted by molar-refractivity contribution is 0.0737. The van der Waals surface area contributed by atoms with Gasteiger partial charge in [0.25, 0.3) is 0 Å². The second kappa shape index (κ2) is 3.71. The summed E-state index contributed by atoms with van der Waals surface area (Å²) < 4.78 is 1.67. The number of hydrogen-bond donors (Lipinski definition) is 1. The number of nitrogens with zero attached hydrogens (tertiary/aromatic N) is 4. The van der Waals surface area contributed by atoms with Crippen molar-refractivity contribution in [1.29, 1.82) is 0 Å². The molecule has 0 fully saturated rings. The summed E-state index contributed by atoms with van der Waals surface area (Å²) in [7, 11) is 0. The third-order valence-corrected chi connectivity index (χ3v) is 2.71. The zero-order chi connectivity index (χ0) is 10.9. The van der Waals surface area contributed by atoms with Crippen molar-refractivity contribution in [2.45, 2.75) is 26.0 Å². The van der Waals surface area contributed by atoms with Crippen molar-refractivity contribution in [1.82, 2.24) is 20.0 Å². The molecule has 0 aliphatic rings. The molecule has 0 aliphatic carbocycles. The van der Waals surface area contributed by atoms with Gasteiger partial charge < -0.3 is 5.11 Å². The molecule has 2 aromatic rings. The van der Waals surface area contributed by atoms with E-state index in [1.54, 1.807) is 42.3 Å². The fourth-order valence-electron chi connectivity index (χ4n) is 1.13. The van der Waals surface area contributed by atoms with Crippen LogP contribution in [0.1, 0.15) is 24.5 Å². The lowest BCUT2D eigenvalue weighted by Crippen LogP contribution is -2.15. The maximum atomic E-state index is 9.70. The first-order valence-electron chi connectivity index (χ1n) is 4.57. The van der Waals surface area contributed by atoms with Crippen LogP contribution in [0.25, 0.3) is 0 Å². The highest BCUT2D eigenvalue weighted by molar-refractivity contribution is 7.09. The van der Waals surface area contributed by atoms with E-state index in [1.165, 1.54) is 0 Å². The van der Waals surface area contributed by atoms with E-state index >= 15 is 0 Å². The molecule has 0 saturated carbocycles. The Hall–Kier alpha value is -1.27. The van der Waals surface area contributed by atoms with Crippen molar-refractivity contribution in [3.8, 4) is 0 Å². The van der Waals surface area contributed by atoms with Crippen molar-refractivity contribution >= 4 is 11.3 Å². The van der Waals surface area contributed by atoms with Gasteiger partial charge in [-0.05, 0) is 13.8 Å². The van der Waals surface area contributed by atoms with Crippen LogP contribution in [0.2, 0.25) is 0 Å². The van der Waals surface area contributed by atoms with Gasteiger partial charge in [0, 0.05) is 11.6 Å². The Morgan fingerprint density at radius 1 is 1.53 bits per heavy atom. The van der Waals surface area contributed by atoms with Crippen LogP contribution in [0.4, 0.5) is 0 Å². The van der Waals surface area contributed by atoms with Crippen LogP contribution in [-0.4, -0.2) is 25.1 Å². The Morgan fingerprint density at radius 3 is 2.87 bits per heavy atom. The normalized spacial score (nSPS) is 11.9. The van der Waals surface area contributed by atoms with Crippen LogP contribution in [0, 0.1) is 0 Å². The minimum absolute atomic E-state index is 0.569. The van der Waals surface area contributed by atoms with Gasteiger partial charge in [-0.25, -0.2) is 9.67 Å². The van der Waals surface area contributed by atoms with Gasteiger partial charge in [-0.1, -0.05) is 5.21 Å². The second-order valence-corrected chi connectivity index (χ2v) is 4.77. The lowest BCUT2D eigenvalue weighted by atomic mass is 10.1. The molecule has 0 radical (unpaired) electrons. The molecule has 5 nitrogen and oxygen atoms in total. The third-order valence-electron chi connectivity index (χ3n) is 1.95. The monoisotopic (exact) mass is 224 g/mol. The molecule has 0 atom stereocenters. The van der Waals surface area contributed by atoms with Gasteiger partial charge in [0.1, 0.15) is 16.3 Å². The molecule has 0 saturated heterocycles. The molecule has 6 heteroatoms. The number of rotatable bonds is 3. The second-order valence-electron chi connectivity index (χ2n) is 3.79. The predicted octanol–water partition coefficient (Wildman–Crippen LogP) is 1.01. The highest BCUT2D eigenvalue weighted by Crippen LogP contribution is 2.16. The van der Waals surface area contributed by atoms with Crippen molar-refractivity contribution < 1.29 is 5.11 Å². The van der Waals surface area contributed by atoms with E-state index in [2.05, 4.69) is 15.3 Å². The van der Waals surface area contributed by atoms with Crippen LogP contribution >= 0.6 is 11.3 Å². The molecular weight excluding hydrogens is 212 g/mol. The number of aliphatic hydroxyl groups is 1. The summed E-state index contributed by atoms with van der Waals surface area (Å²) in [6, 6.07) is 0. The van der Waals surface area contributed by atoms with Gasteiger partial charge in [-0.2, -0.15) is 0 Å². The fraction of sp³-hybridized carbons (Fsp3) is 0.444. The first kappa shape index (κ1) is 10.3. The SMILES string of the molecule is CC(C)(O)c1cn(Cc2nccs2)nn1. The summed E-state index contributed by atoms with van der Waals surface area (Å²) in [4.78, 5) is 4.15. The van der Waals surface area contributed by atoms with Crippen LogP contribution in [0.3, 0.4) is 0 Å². The summed E-state index contributed by atoms with van der Waals surface area (Å²) in [5.74, 6) is 0. The Kier molecular flexibility index (Phi) is 2.54. The maximum absolute atomic E-state index is 9.70. The Bertz CT molecular complexity index is 429. The molecule has 1 N–H and O–H groups in total. The van der Waals surface area contributed by atoms with E-state index in [9.17, 15) is 5.11 Å². The van der Waals surface area contributed by atoms with Gasteiger partial charge in [-0.3, -0.25) is 0 Å². The molecule has 15 heavy (non-hydrogen) atoms. The molecule has 0 spiro atoms. The minimum atomic E-state index is -0.943. The molecule has 0 unspecified atom stereocenters. The van der Waals surface area contributed by atoms with Crippen LogP contribution < -0.4 is 0 Å². The van der Waals surface area contributed by atoms with E-state index in [0.29, 0.717) is 12.2 Å². The molecular formula is C9H12N4OS. The summed E-state index contributed by atoms with van der Waals surface area (Å²) in [6.45, 7) is 3.97. The largest absolute Gasteiger partial charge is 0.384 e. The van der Waals surface area contributed by atoms with Crippen molar-refractivity contribution in [3.63, 3.8) is 0 Å². The van der Waals surface area contributed by atoms with E-state index in [1.807, 2.05) is 5.38 Å².